The molecule has 100 valence electrons. The van der Waals surface area contributed by atoms with Crippen LogP contribution in [0, 0.1) is 5.92 Å². The fraction of sp³-hybridized carbons (Fsp3) is 0.500. The first-order valence-electron chi connectivity index (χ1n) is 6.31. The zero-order valence-electron chi connectivity index (χ0n) is 11.0. The highest BCUT2D eigenvalue weighted by Gasteiger charge is 2.22. The molecule has 0 aliphatic carbocycles. The number of carbonyl (C=O) groups excluding carboxylic acids is 1. The summed E-state index contributed by atoms with van der Waals surface area (Å²) in [6.07, 6.45) is 0.851. The summed E-state index contributed by atoms with van der Waals surface area (Å²) in [4.78, 5) is 11.9. The summed E-state index contributed by atoms with van der Waals surface area (Å²) >= 11 is 0. The summed E-state index contributed by atoms with van der Waals surface area (Å²) < 4.78 is 0. The zero-order valence-corrected chi connectivity index (χ0v) is 11.0. The van der Waals surface area contributed by atoms with Gasteiger partial charge in [-0.2, -0.15) is 0 Å². The standard InChI is InChI=1S/C14H22N2O2/c1-3-10(2)13(15)14(18)16-12(9-17)11-7-5-4-6-8-11/h4-8,10,12-13,17H,3,9,15H2,1-2H3,(H,16,18)/t10?,12-,13?/m0/s1. The lowest BCUT2D eigenvalue weighted by atomic mass is 9.98. The predicted octanol–water partition coefficient (Wildman–Crippen LogP) is 1.21. The van der Waals surface area contributed by atoms with Crippen LogP contribution in [0.3, 0.4) is 0 Å². The normalized spacial score (nSPS) is 15.8. The van der Waals surface area contributed by atoms with Crippen LogP contribution in [-0.4, -0.2) is 23.7 Å². The van der Waals surface area contributed by atoms with Gasteiger partial charge in [-0.25, -0.2) is 0 Å². The first kappa shape index (κ1) is 14.7. The molecule has 0 saturated heterocycles. The topological polar surface area (TPSA) is 75.4 Å². The fourth-order valence-electron chi connectivity index (χ4n) is 1.70. The Bertz CT molecular complexity index is 367. The van der Waals surface area contributed by atoms with Gasteiger partial charge < -0.3 is 16.2 Å². The average Bonchev–Trinajstić information content (AvgIpc) is 2.43. The van der Waals surface area contributed by atoms with Crippen LogP contribution in [0.5, 0.6) is 0 Å². The lowest BCUT2D eigenvalue weighted by Gasteiger charge is -2.22. The van der Waals surface area contributed by atoms with Crippen molar-refractivity contribution in [1.29, 1.82) is 0 Å². The molecule has 1 aromatic carbocycles. The van der Waals surface area contributed by atoms with Gasteiger partial charge in [0.05, 0.1) is 18.7 Å². The van der Waals surface area contributed by atoms with Crippen molar-refractivity contribution in [2.24, 2.45) is 11.7 Å². The minimum atomic E-state index is -0.534. The van der Waals surface area contributed by atoms with Gasteiger partial charge in [0.15, 0.2) is 0 Å². The highest BCUT2D eigenvalue weighted by molar-refractivity contribution is 5.82. The molecule has 18 heavy (non-hydrogen) atoms. The summed E-state index contributed by atoms with van der Waals surface area (Å²) in [5, 5.41) is 12.1. The molecule has 1 amide bonds. The monoisotopic (exact) mass is 250 g/mol. The third-order valence-electron chi connectivity index (χ3n) is 3.26. The predicted molar refractivity (Wildman–Crippen MR) is 71.8 cm³/mol. The number of rotatable bonds is 6. The van der Waals surface area contributed by atoms with E-state index in [4.69, 9.17) is 5.73 Å². The average molecular weight is 250 g/mol. The minimum Gasteiger partial charge on any atom is -0.394 e. The number of amides is 1. The van der Waals surface area contributed by atoms with Gasteiger partial charge in [-0.3, -0.25) is 4.79 Å². The number of nitrogens with one attached hydrogen (secondary N) is 1. The summed E-state index contributed by atoms with van der Waals surface area (Å²) in [5.74, 6) is -0.0904. The lowest BCUT2D eigenvalue weighted by Crippen LogP contribution is -2.46. The van der Waals surface area contributed by atoms with E-state index in [1.165, 1.54) is 0 Å². The van der Waals surface area contributed by atoms with Crippen molar-refractivity contribution in [3.63, 3.8) is 0 Å². The van der Waals surface area contributed by atoms with Crippen molar-refractivity contribution < 1.29 is 9.90 Å². The maximum atomic E-state index is 11.9. The highest BCUT2D eigenvalue weighted by Crippen LogP contribution is 2.13. The van der Waals surface area contributed by atoms with Gasteiger partial charge in [-0.1, -0.05) is 50.6 Å². The molecular weight excluding hydrogens is 228 g/mol. The number of nitrogens with two attached hydrogens (primary N) is 1. The number of carbonyl (C=O) groups is 1. The van der Waals surface area contributed by atoms with Gasteiger partial charge in [0.1, 0.15) is 0 Å². The van der Waals surface area contributed by atoms with Gasteiger partial charge in [-0.15, -0.1) is 0 Å². The van der Waals surface area contributed by atoms with Gasteiger partial charge in [-0.05, 0) is 11.5 Å². The Kier molecular flexibility index (Phi) is 5.82. The molecule has 0 spiro atoms. The third kappa shape index (κ3) is 3.82. The van der Waals surface area contributed by atoms with E-state index in [0.717, 1.165) is 12.0 Å². The molecule has 0 heterocycles. The van der Waals surface area contributed by atoms with E-state index in [2.05, 4.69) is 5.32 Å². The zero-order chi connectivity index (χ0) is 13.5. The second kappa shape index (κ2) is 7.13. The van der Waals surface area contributed by atoms with Crippen molar-refractivity contribution in [2.45, 2.75) is 32.4 Å². The van der Waals surface area contributed by atoms with Crippen LogP contribution in [0.4, 0.5) is 0 Å². The van der Waals surface area contributed by atoms with Gasteiger partial charge in [0.25, 0.3) is 0 Å². The largest absolute Gasteiger partial charge is 0.394 e. The van der Waals surface area contributed by atoms with Crippen molar-refractivity contribution in [1.82, 2.24) is 5.32 Å². The minimum absolute atomic E-state index is 0.125. The molecule has 4 nitrogen and oxygen atoms in total. The summed E-state index contributed by atoms with van der Waals surface area (Å²) in [6, 6.07) is 8.45. The van der Waals surface area contributed by atoms with Gasteiger partial charge in [0, 0.05) is 0 Å². The Morgan fingerprint density at radius 3 is 2.50 bits per heavy atom. The van der Waals surface area contributed by atoms with E-state index >= 15 is 0 Å². The highest BCUT2D eigenvalue weighted by atomic mass is 16.3. The van der Waals surface area contributed by atoms with E-state index in [1.54, 1.807) is 0 Å². The Morgan fingerprint density at radius 1 is 1.39 bits per heavy atom. The van der Waals surface area contributed by atoms with E-state index in [-0.39, 0.29) is 18.4 Å². The van der Waals surface area contributed by atoms with E-state index < -0.39 is 12.1 Å². The van der Waals surface area contributed by atoms with Gasteiger partial charge >= 0.3 is 0 Å². The Labute approximate surface area is 108 Å². The van der Waals surface area contributed by atoms with Crippen LogP contribution in [-0.2, 0) is 4.79 Å². The van der Waals surface area contributed by atoms with E-state index in [0.29, 0.717) is 0 Å². The molecule has 0 aliphatic heterocycles. The van der Waals surface area contributed by atoms with Crippen molar-refractivity contribution in [2.75, 3.05) is 6.61 Å². The van der Waals surface area contributed by atoms with Crippen molar-refractivity contribution >= 4 is 5.91 Å². The van der Waals surface area contributed by atoms with Crippen LogP contribution in [0.25, 0.3) is 0 Å². The Morgan fingerprint density at radius 2 is 2.00 bits per heavy atom. The SMILES string of the molecule is CCC(C)C(N)C(=O)N[C@@H](CO)c1ccccc1. The van der Waals surface area contributed by atoms with Crippen LogP contribution < -0.4 is 11.1 Å². The summed E-state index contributed by atoms with van der Waals surface area (Å²) in [7, 11) is 0. The van der Waals surface area contributed by atoms with E-state index in [9.17, 15) is 9.90 Å². The van der Waals surface area contributed by atoms with Crippen LogP contribution in [0.15, 0.2) is 30.3 Å². The maximum absolute atomic E-state index is 11.9. The Balaban J connectivity index is 2.67. The smallest absolute Gasteiger partial charge is 0.237 e. The molecule has 2 unspecified atom stereocenters. The first-order valence-corrected chi connectivity index (χ1v) is 6.31. The second-order valence-corrected chi connectivity index (χ2v) is 4.57. The van der Waals surface area contributed by atoms with Crippen LogP contribution >= 0.6 is 0 Å². The quantitative estimate of drug-likeness (QED) is 0.710. The number of benzene rings is 1. The Hall–Kier alpha value is -1.39. The van der Waals surface area contributed by atoms with Crippen LogP contribution in [0.2, 0.25) is 0 Å². The molecule has 0 aliphatic rings. The number of hydrogen-bond donors (Lipinski definition) is 3. The fourth-order valence-corrected chi connectivity index (χ4v) is 1.70. The molecule has 0 radical (unpaired) electrons. The van der Waals surface area contributed by atoms with Gasteiger partial charge in [0.2, 0.25) is 5.91 Å². The lowest BCUT2D eigenvalue weighted by molar-refractivity contribution is -0.124. The van der Waals surface area contributed by atoms with Crippen LogP contribution in [0.1, 0.15) is 31.9 Å². The summed E-state index contributed by atoms with van der Waals surface area (Å²) in [5.41, 5.74) is 6.74. The molecule has 0 aromatic heterocycles. The maximum Gasteiger partial charge on any atom is 0.237 e. The molecule has 0 bridgehead atoms. The molecule has 1 aromatic rings. The third-order valence-corrected chi connectivity index (χ3v) is 3.26. The summed E-state index contributed by atoms with van der Waals surface area (Å²) in [6.45, 7) is 3.81. The molecular formula is C14H22N2O2. The molecule has 0 saturated carbocycles. The molecule has 1 rings (SSSR count). The van der Waals surface area contributed by atoms with Crippen molar-refractivity contribution in [3.05, 3.63) is 35.9 Å². The molecule has 3 atom stereocenters. The molecule has 4 N–H and O–H groups in total. The number of hydrogen-bond acceptors (Lipinski definition) is 3. The molecule has 0 fully saturated rings. The second-order valence-electron chi connectivity index (χ2n) is 4.57. The number of aliphatic hydroxyl groups excluding tert-OH is 1. The van der Waals surface area contributed by atoms with E-state index in [1.807, 2.05) is 44.2 Å². The number of aliphatic hydroxyl groups is 1. The van der Waals surface area contributed by atoms with Crippen molar-refractivity contribution in [3.8, 4) is 0 Å². The first-order chi connectivity index (χ1) is 8.60. The molecule has 4 heteroatoms.